The standard InChI is InChI=1S/C18H20N2O6/c1-9-10(2)18(20-14(22)6-8-16(25)26)12(4)11(3)17(9)19-13(21)5-7-15(23)24/h5-8H,1-4H3,(H,19,21)(H,20,22)(H,23,24)(H,25,26)/p-2/b7-5+,8-6+. The summed E-state index contributed by atoms with van der Waals surface area (Å²) >= 11 is 0. The Bertz CT molecular complexity index is 739. The molecule has 0 aliphatic heterocycles. The number of aliphatic carboxylic acids is 2. The number of carbonyl (C=O) groups is 4. The van der Waals surface area contributed by atoms with Gasteiger partial charge in [-0.15, -0.1) is 0 Å². The summed E-state index contributed by atoms with van der Waals surface area (Å²) in [6.45, 7) is 6.91. The molecule has 0 spiro atoms. The lowest BCUT2D eigenvalue weighted by molar-refractivity contribution is -0.298. The quantitative estimate of drug-likeness (QED) is 0.652. The molecule has 0 radical (unpaired) electrons. The number of benzene rings is 1. The van der Waals surface area contributed by atoms with Gasteiger partial charge in [-0.05, 0) is 62.1 Å². The van der Waals surface area contributed by atoms with E-state index in [1.54, 1.807) is 27.7 Å². The first-order valence-electron chi connectivity index (χ1n) is 7.55. The zero-order valence-electron chi connectivity index (χ0n) is 14.8. The van der Waals surface area contributed by atoms with Crippen LogP contribution in [0.15, 0.2) is 24.3 Å². The van der Waals surface area contributed by atoms with Crippen molar-refractivity contribution in [1.82, 2.24) is 0 Å². The second-order valence-corrected chi connectivity index (χ2v) is 5.53. The summed E-state index contributed by atoms with van der Waals surface area (Å²) in [5, 5.41) is 26.0. The average Bonchev–Trinajstić information content (AvgIpc) is 2.57. The van der Waals surface area contributed by atoms with Gasteiger partial charge in [0.25, 0.3) is 0 Å². The summed E-state index contributed by atoms with van der Waals surface area (Å²) in [6.07, 6.45) is 2.94. The first-order valence-corrected chi connectivity index (χ1v) is 7.55. The third-order valence-corrected chi connectivity index (χ3v) is 3.86. The maximum atomic E-state index is 11.8. The van der Waals surface area contributed by atoms with E-state index in [1.165, 1.54) is 0 Å². The van der Waals surface area contributed by atoms with Crippen LogP contribution < -0.4 is 20.8 Å². The van der Waals surface area contributed by atoms with Gasteiger partial charge in [0, 0.05) is 23.5 Å². The Hall–Kier alpha value is -3.42. The number of hydrogen-bond acceptors (Lipinski definition) is 6. The number of nitrogens with one attached hydrogen (secondary N) is 2. The summed E-state index contributed by atoms with van der Waals surface area (Å²) in [5.41, 5.74) is 3.67. The Balaban J connectivity index is 3.20. The van der Waals surface area contributed by atoms with Gasteiger partial charge in [0.15, 0.2) is 0 Å². The summed E-state index contributed by atoms with van der Waals surface area (Å²) in [5.74, 6) is -4.23. The maximum Gasteiger partial charge on any atom is 0.248 e. The Morgan fingerprint density at radius 3 is 1.12 bits per heavy atom. The van der Waals surface area contributed by atoms with Gasteiger partial charge in [-0.2, -0.15) is 0 Å². The smallest absolute Gasteiger partial charge is 0.248 e. The number of carboxylic acid groups (broad SMARTS) is 2. The molecule has 8 nitrogen and oxygen atoms in total. The van der Waals surface area contributed by atoms with Gasteiger partial charge in [0.1, 0.15) is 0 Å². The van der Waals surface area contributed by atoms with Crippen LogP contribution in [0.1, 0.15) is 22.3 Å². The normalized spacial score (nSPS) is 10.9. The van der Waals surface area contributed by atoms with Gasteiger partial charge < -0.3 is 30.4 Å². The molecule has 2 N–H and O–H groups in total. The Kier molecular flexibility index (Phi) is 6.83. The number of carboxylic acids is 2. The molecule has 0 unspecified atom stereocenters. The predicted octanol–water partition coefficient (Wildman–Crippen LogP) is -0.591. The van der Waals surface area contributed by atoms with E-state index in [1.807, 2.05) is 0 Å². The summed E-state index contributed by atoms with van der Waals surface area (Å²) in [7, 11) is 0. The molecule has 0 heterocycles. The molecular formula is C18H18N2O6-2. The largest absolute Gasteiger partial charge is 0.545 e. The van der Waals surface area contributed by atoms with Crippen LogP contribution in [0, 0.1) is 27.7 Å². The molecule has 26 heavy (non-hydrogen) atoms. The summed E-state index contributed by atoms with van der Waals surface area (Å²) in [4.78, 5) is 44.4. The predicted molar refractivity (Wildman–Crippen MR) is 90.9 cm³/mol. The molecule has 2 amide bonds. The number of amides is 2. The molecule has 8 heteroatoms. The lowest BCUT2D eigenvalue weighted by atomic mass is 9.95. The van der Waals surface area contributed by atoms with E-state index in [2.05, 4.69) is 10.6 Å². The van der Waals surface area contributed by atoms with Crippen molar-refractivity contribution < 1.29 is 29.4 Å². The minimum atomic E-state index is -1.48. The summed E-state index contributed by atoms with van der Waals surface area (Å²) < 4.78 is 0. The van der Waals surface area contributed by atoms with Crippen LogP contribution in [0.3, 0.4) is 0 Å². The Labute approximate surface area is 150 Å². The van der Waals surface area contributed by atoms with Crippen LogP contribution in [0.2, 0.25) is 0 Å². The topological polar surface area (TPSA) is 138 Å². The molecule has 0 fully saturated rings. The van der Waals surface area contributed by atoms with E-state index >= 15 is 0 Å². The van der Waals surface area contributed by atoms with Crippen molar-refractivity contribution in [1.29, 1.82) is 0 Å². The molecule has 0 aliphatic rings. The zero-order chi connectivity index (χ0) is 20.0. The maximum absolute atomic E-state index is 11.8. The van der Waals surface area contributed by atoms with Crippen molar-refractivity contribution in [2.75, 3.05) is 10.6 Å². The second kappa shape index (κ2) is 8.61. The zero-order valence-corrected chi connectivity index (χ0v) is 14.8. The van der Waals surface area contributed by atoms with Crippen LogP contribution >= 0.6 is 0 Å². The molecule has 0 aromatic heterocycles. The van der Waals surface area contributed by atoms with Crippen molar-refractivity contribution in [2.45, 2.75) is 27.7 Å². The minimum absolute atomic E-state index is 0.497. The van der Waals surface area contributed by atoms with Gasteiger partial charge in [-0.3, -0.25) is 9.59 Å². The Morgan fingerprint density at radius 2 is 0.885 bits per heavy atom. The first kappa shape index (κ1) is 20.6. The SMILES string of the molecule is Cc1c(C)c(NC(=O)/C=C/C(=O)[O-])c(C)c(C)c1NC(=O)/C=C/C(=O)[O-]. The van der Waals surface area contributed by atoms with Gasteiger partial charge in [-0.25, -0.2) is 0 Å². The molecule has 138 valence electrons. The molecule has 1 aromatic rings. The van der Waals surface area contributed by atoms with Crippen molar-refractivity contribution >= 4 is 35.1 Å². The van der Waals surface area contributed by atoms with Gasteiger partial charge in [0.2, 0.25) is 11.8 Å². The van der Waals surface area contributed by atoms with Crippen molar-refractivity contribution in [3.63, 3.8) is 0 Å². The van der Waals surface area contributed by atoms with Crippen molar-refractivity contribution in [2.24, 2.45) is 0 Å². The second-order valence-electron chi connectivity index (χ2n) is 5.53. The number of rotatable bonds is 6. The van der Waals surface area contributed by atoms with Gasteiger partial charge in [0.05, 0.1) is 11.9 Å². The third kappa shape index (κ3) is 5.30. The molecule has 1 rings (SSSR count). The number of anilines is 2. The molecule has 0 atom stereocenters. The fourth-order valence-corrected chi connectivity index (χ4v) is 2.30. The van der Waals surface area contributed by atoms with Crippen LogP contribution in [0.25, 0.3) is 0 Å². The number of hydrogen-bond donors (Lipinski definition) is 2. The molecule has 0 bridgehead atoms. The van der Waals surface area contributed by atoms with Crippen LogP contribution in [-0.4, -0.2) is 23.8 Å². The van der Waals surface area contributed by atoms with Gasteiger partial charge in [-0.1, -0.05) is 0 Å². The molecule has 1 aromatic carbocycles. The minimum Gasteiger partial charge on any atom is -0.545 e. The highest BCUT2D eigenvalue weighted by Crippen LogP contribution is 2.34. The van der Waals surface area contributed by atoms with Crippen LogP contribution in [0.4, 0.5) is 11.4 Å². The monoisotopic (exact) mass is 358 g/mol. The average molecular weight is 358 g/mol. The van der Waals surface area contributed by atoms with E-state index in [-0.39, 0.29) is 0 Å². The summed E-state index contributed by atoms with van der Waals surface area (Å²) in [6, 6.07) is 0. The highest BCUT2D eigenvalue weighted by molar-refractivity contribution is 6.05. The van der Waals surface area contributed by atoms with E-state index in [9.17, 15) is 29.4 Å². The molecule has 0 saturated carbocycles. The van der Waals surface area contributed by atoms with E-state index in [4.69, 9.17) is 0 Å². The molecular weight excluding hydrogens is 340 g/mol. The third-order valence-electron chi connectivity index (χ3n) is 3.86. The fourth-order valence-electron chi connectivity index (χ4n) is 2.30. The first-order chi connectivity index (χ1) is 12.0. The van der Waals surface area contributed by atoms with Gasteiger partial charge >= 0.3 is 0 Å². The highest BCUT2D eigenvalue weighted by atomic mass is 16.4. The van der Waals surface area contributed by atoms with E-state index < -0.39 is 23.8 Å². The number of carbonyl (C=O) groups excluding carboxylic acids is 4. The van der Waals surface area contributed by atoms with E-state index in [0.717, 1.165) is 12.2 Å². The highest BCUT2D eigenvalue weighted by Gasteiger charge is 2.16. The lowest BCUT2D eigenvalue weighted by Gasteiger charge is -2.20. The fraction of sp³-hybridized carbons (Fsp3) is 0.222. The molecule has 0 saturated heterocycles. The van der Waals surface area contributed by atoms with Crippen LogP contribution in [-0.2, 0) is 19.2 Å². The molecule has 0 aliphatic carbocycles. The van der Waals surface area contributed by atoms with Crippen molar-refractivity contribution in [3.8, 4) is 0 Å². The van der Waals surface area contributed by atoms with Crippen LogP contribution in [0.5, 0.6) is 0 Å². The van der Waals surface area contributed by atoms with Crippen molar-refractivity contribution in [3.05, 3.63) is 46.6 Å². The lowest BCUT2D eigenvalue weighted by Crippen LogP contribution is -2.21. The Morgan fingerprint density at radius 1 is 0.615 bits per heavy atom. The van der Waals surface area contributed by atoms with E-state index in [0.29, 0.717) is 45.8 Å².